The average Bonchev–Trinajstić information content (AvgIpc) is 2.61. The maximum absolute atomic E-state index is 13.7. The summed E-state index contributed by atoms with van der Waals surface area (Å²) < 4.78 is 151. The molecule has 0 atom stereocenters. The van der Waals surface area contributed by atoms with Gasteiger partial charge in [0.25, 0.3) is 0 Å². The Hall–Kier alpha value is -2.54. The predicted molar refractivity (Wildman–Crippen MR) is 77.8 cm³/mol. The Labute approximate surface area is 161 Å². The van der Waals surface area contributed by atoms with Crippen LogP contribution in [0.3, 0.4) is 0 Å². The van der Waals surface area contributed by atoms with Gasteiger partial charge in [-0.2, -0.15) is 48.3 Å². The van der Waals surface area contributed by atoms with Crippen LogP contribution in [0, 0.1) is 0 Å². The molecule has 0 aliphatic carbocycles. The summed E-state index contributed by atoms with van der Waals surface area (Å²) in [6.07, 6.45) is -13.5. The SMILES string of the molecule is C=CC(=O)OCCc1ccccc1OC(F)(F)C(F)(F)C(F)(F)C(F)(F)C(F)(F)F. The van der Waals surface area contributed by atoms with Crippen molar-refractivity contribution in [2.24, 2.45) is 0 Å². The van der Waals surface area contributed by atoms with Crippen molar-refractivity contribution in [2.75, 3.05) is 6.61 Å². The lowest BCUT2D eigenvalue weighted by Crippen LogP contribution is -2.67. The van der Waals surface area contributed by atoms with Gasteiger partial charge in [-0.1, -0.05) is 24.8 Å². The molecule has 0 aromatic heterocycles. The van der Waals surface area contributed by atoms with E-state index in [-0.39, 0.29) is 0 Å². The van der Waals surface area contributed by atoms with Crippen LogP contribution in [-0.4, -0.2) is 42.6 Å². The number of esters is 1. The molecule has 3 nitrogen and oxygen atoms in total. The summed E-state index contributed by atoms with van der Waals surface area (Å²) in [5, 5.41) is 0. The van der Waals surface area contributed by atoms with Crippen LogP contribution in [0.25, 0.3) is 0 Å². The molecule has 0 saturated heterocycles. The number of benzene rings is 1. The van der Waals surface area contributed by atoms with Crippen LogP contribution in [0.5, 0.6) is 5.75 Å². The Bertz CT molecular complexity index is 772. The molecule has 0 fully saturated rings. The minimum atomic E-state index is -7.57. The Kier molecular flexibility index (Phi) is 7.05. The third-order valence-corrected chi connectivity index (χ3v) is 3.50. The normalized spacial score (nSPS) is 13.7. The largest absolute Gasteiger partial charge is 0.471 e. The van der Waals surface area contributed by atoms with E-state index >= 15 is 0 Å². The zero-order valence-electron chi connectivity index (χ0n) is 14.4. The molecule has 0 bridgehead atoms. The van der Waals surface area contributed by atoms with E-state index in [9.17, 15) is 53.1 Å². The van der Waals surface area contributed by atoms with Crippen LogP contribution in [0.15, 0.2) is 36.9 Å². The molecular weight excluding hydrogens is 449 g/mol. The van der Waals surface area contributed by atoms with Gasteiger partial charge in [0.05, 0.1) is 6.61 Å². The number of carbonyl (C=O) groups excluding carboxylic acids is 1. The third kappa shape index (κ3) is 4.61. The van der Waals surface area contributed by atoms with Gasteiger partial charge in [-0.25, -0.2) is 4.79 Å². The molecule has 1 aromatic carbocycles. The molecule has 30 heavy (non-hydrogen) atoms. The van der Waals surface area contributed by atoms with Crippen molar-refractivity contribution in [3.05, 3.63) is 42.5 Å². The minimum absolute atomic E-state index is 0.435. The summed E-state index contributed by atoms with van der Waals surface area (Å²) in [5.74, 6) is -24.6. The Morgan fingerprint density at radius 3 is 1.90 bits per heavy atom. The van der Waals surface area contributed by atoms with E-state index in [1.807, 2.05) is 0 Å². The lowest BCUT2D eigenvalue weighted by Gasteiger charge is -2.36. The zero-order valence-corrected chi connectivity index (χ0v) is 14.4. The van der Waals surface area contributed by atoms with Gasteiger partial charge in [-0.15, -0.1) is 0 Å². The number of ether oxygens (including phenoxy) is 2. The maximum Gasteiger partial charge on any atom is 0.471 e. The van der Waals surface area contributed by atoms with Crippen LogP contribution in [0.1, 0.15) is 5.56 Å². The first-order valence-corrected chi connectivity index (χ1v) is 7.56. The molecule has 1 rings (SSSR count). The van der Waals surface area contributed by atoms with Gasteiger partial charge < -0.3 is 9.47 Å². The average molecular weight is 460 g/mol. The fourth-order valence-corrected chi connectivity index (χ4v) is 1.89. The quantitative estimate of drug-likeness (QED) is 0.281. The van der Waals surface area contributed by atoms with Gasteiger partial charge in [-0.3, -0.25) is 0 Å². The second-order valence-corrected chi connectivity index (χ2v) is 5.57. The summed E-state index contributed by atoms with van der Waals surface area (Å²) in [6.45, 7) is 2.50. The third-order valence-electron chi connectivity index (χ3n) is 3.50. The first-order chi connectivity index (χ1) is 13.4. The number of alkyl halides is 11. The lowest BCUT2D eigenvalue weighted by atomic mass is 10.0. The fourth-order valence-electron chi connectivity index (χ4n) is 1.89. The maximum atomic E-state index is 13.7. The molecule has 0 unspecified atom stereocenters. The van der Waals surface area contributed by atoms with Crippen molar-refractivity contribution in [3.8, 4) is 5.75 Å². The van der Waals surface area contributed by atoms with Gasteiger partial charge in [0, 0.05) is 12.5 Å². The van der Waals surface area contributed by atoms with Crippen LogP contribution in [-0.2, 0) is 16.0 Å². The lowest BCUT2D eigenvalue weighted by molar-refractivity contribution is -0.445. The highest BCUT2D eigenvalue weighted by Crippen LogP contribution is 2.57. The second-order valence-electron chi connectivity index (χ2n) is 5.57. The van der Waals surface area contributed by atoms with Crippen molar-refractivity contribution in [1.29, 1.82) is 0 Å². The highest BCUT2D eigenvalue weighted by Gasteiger charge is 2.88. The summed E-state index contributed by atoms with van der Waals surface area (Å²) in [4.78, 5) is 10.9. The van der Waals surface area contributed by atoms with Gasteiger partial charge in [0.1, 0.15) is 5.75 Å². The number of hydrogen-bond donors (Lipinski definition) is 0. The van der Waals surface area contributed by atoms with Crippen LogP contribution in [0.2, 0.25) is 0 Å². The number of para-hydroxylation sites is 1. The molecular formula is C16H11F11O3. The van der Waals surface area contributed by atoms with E-state index in [2.05, 4.69) is 16.1 Å². The molecule has 0 aliphatic rings. The summed E-state index contributed by atoms with van der Waals surface area (Å²) in [5.41, 5.74) is -0.435. The van der Waals surface area contributed by atoms with Crippen LogP contribution >= 0.6 is 0 Å². The van der Waals surface area contributed by atoms with Crippen LogP contribution < -0.4 is 4.74 Å². The highest BCUT2D eigenvalue weighted by atomic mass is 19.4. The van der Waals surface area contributed by atoms with E-state index in [1.165, 1.54) is 0 Å². The van der Waals surface area contributed by atoms with Crippen molar-refractivity contribution in [2.45, 2.75) is 36.5 Å². The molecule has 14 heteroatoms. The number of rotatable bonds is 9. The monoisotopic (exact) mass is 460 g/mol. The molecule has 0 N–H and O–H groups in total. The molecule has 0 amide bonds. The van der Waals surface area contributed by atoms with Crippen molar-refractivity contribution < 1.29 is 62.6 Å². The zero-order chi connectivity index (χ0) is 23.6. The number of halogens is 11. The Morgan fingerprint density at radius 2 is 1.40 bits per heavy atom. The van der Waals surface area contributed by atoms with E-state index in [0.29, 0.717) is 6.07 Å². The summed E-state index contributed by atoms with van der Waals surface area (Å²) >= 11 is 0. The first-order valence-electron chi connectivity index (χ1n) is 7.56. The van der Waals surface area contributed by atoms with Gasteiger partial charge >= 0.3 is 36.0 Å². The first kappa shape index (κ1) is 25.5. The van der Waals surface area contributed by atoms with Gasteiger partial charge in [-0.05, 0) is 11.6 Å². The van der Waals surface area contributed by atoms with E-state index < -0.39 is 60.4 Å². The Morgan fingerprint density at radius 1 is 0.867 bits per heavy atom. The van der Waals surface area contributed by atoms with Crippen molar-refractivity contribution >= 4 is 5.97 Å². The topological polar surface area (TPSA) is 35.5 Å². The summed E-state index contributed by atoms with van der Waals surface area (Å²) in [6, 6.07) is 3.51. The minimum Gasteiger partial charge on any atom is -0.462 e. The van der Waals surface area contributed by atoms with Gasteiger partial charge in [0.15, 0.2) is 0 Å². The molecule has 170 valence electrons. The molecule has 0 saturated carbocycles. The highest BCUT2D eigenvalue weighted by molar-refractivity contribution is 5.81. The standard InChI is InChI=1S/C16H11F11O3/c1-2-11(28)29-8-7-9-5-3-4-6-10(9)30-16(26,27)14(21,22)12(17,18)13(19,20)15(23,24)25/h2-6H,1,7-8H2. The Balaban J connectivity index is 3.21. The number of carbonyl (C=O) groups is 1. The molecule has 0 spiro atoms. The fraction of sp³-hybridized carbons (Fsp3) is 0.438. The van der Waals surface area contributed by atoms with Crippen LogP contribution in [0.4, 0.5) is 48.3 Å². The summed E-state index contributed by atoms with van der Waals surface area (Å²) in [7, 11) is 0. The van der Waals surface area contributed by atoms with Crippen molar-refractivity contribution in [3.63, 3.8) is 0 Å². The number of hydrogen-bond acceptors (Lipinski definition) is 3. The molecule has 1 aromatic rings. The van der Waals surface area contributed by atoms with Crippen molar-refractivity contribution in [1.82, 2.24) is 0 Å². The van der Waals surface area contributed by atoms with E-state index in [1.54, 1.807) is 0 Å². The molecule has 0 heterocycles. The molecule has 0 aliphatic heterocycles. The second kappa shape index (κ2) is 8.30. The van der Waals surface area contributed by atoms with Gasteiger partial charge in [0.2, 0.25) is 0 Å². The molecule has 0 radical (unpaired) electrons. The van der Waals surface area contributed by atoms with E-state index in [4.69, 9.17) is 0 Å². The van der Waals surface area contributed by atoms with E-state index in [0.717, 1.165) is 24.3 Å². The predicted octanol–water partition coefficient (Wildman–Crippen LogP) is 5.40. The smallest absolute Gasteiger partial charge is 0.462 e.